The van der Waals surface area contributed by atoms with Crippen molar-refractivity contribution in [3.8, 4) is 11.3 Å². The van der Waals surface area contributed by atoms with Gasteiger partial charge in [-0.2, -0.15) is 0 Å². The van der Waals surface area contributed by atoms with E-state index in [-0.39, 0.29) is 5.91 Å². The van der Waals surface area contributed by atoms with Crippen LogP contribution in [0.3, 0.4) is 0 Å². The van der Waals surface area contributed by atoms with Crippen molar-refractivity contribution in [3.63, 3.8) is 0 Å². The van der Waals surface area contributed by atoms with Gasteiger partial charge in [-0.25, -0.2) is 9.37 Å². The second-order valence-corrected chi connectivity index (χ2v) is 6.35. The average Bonchev–Trinajstić information content (AvgIpc) is 2.67. The number of aromatic nitrogens is 1. The fourth-order valence-electron chi connectivity index (χ4n) is 3.13. The van der Waals surface area contributed by atoms with Crippen LogP contribution in [0.4, 0.5) is 10.1 Å². The van der Waals surface area contributed by atoms with Crippen molar-refractivity contribution in [1.82, 2.24) is 4.98 Å². The van der Waals surface area contributed by atoms with Crippen molar-refractivity contribution in [3.05, 3.63) is 95.8 Å². The molecule has 3 aromatic carbocycles. The highest BCUT2D eigenvalue weighted by Gasteiger charge is 2.15. The molecule has 0 aliphatic carbocycles. The highest BCUT2D eigenvalue weighted by Crippen LogP contribution is 2.27. The van der Waals surface area contributed by atoms with Gasteiger partial charge in [0, 0.05) is 16.6 Å². The smallest absolute Gasteiger partial charge is 0.256 e. The molecule has 3 nitrogen and oxygen atoms in total. The second kappa shape index (κ2) is 7.00. The van der Waals surface area contributed by atoms with Crippen molar-refractivity contribution in [1.29, 1.82) is 0 Å². The zero-order valence-electron chi connectivity index (χ0n) is 14.7. The lowest BCUT2D eigenvalue weighted by molar-refractivity contribution is 0.102. The van der Waals surface area contributed by atoms with Crippen LogP contribution in [0.25, 0.3) is 22.2 Å². The molecule has 0 spiro atoms. The molecule has 4 heteroatoms. The van der Waals surface area contributed by atoms with Crippen LogP contribution in [0.1, 0.15) is 15.9 Å². The molecule has 0 atom stereocenters. The number of para-hydroxylation sites is 1. The molecule has 27 heavy (non-hydrogen) atoms. The number of halogens is 1. The Balaban J connectivity index is 1.83. The van der Waals surface area contributed by atoms with Gasteiger partial charge in [-0.05, 0) is 42.8 Å². The van der Waals surface area contributed by atoms with E-state index in [0.29, 0.717) is 11.3 Å². The minimum Gasteiger partial charge on any atom is -0.322 e. The molecule has 0 saturated heterocycles. The molecular weight excluding hydrogens is 339 g/mol. The Morgan fingerprint density at radius 2 is 1.70 bits per heavy atom. The maximum atomic E-state index is 13.4. The molecule has 4 rings (SSSR count). The molecule has 1 N–H and O–H groups in total. The first-order valence-corrected chi connectivity index (χ1v) is 8.64. The summed E-state index contributed by atoms with van der Waals surface area (Å²) < 4.78 is 13.4. The minimum absolute atomic E-state index is 0.297. The van der Waals surface area contributed by atoms with E-state index in [4.69, 9.17) is 4.98 Å². The van der Waals surface area contributed by atoms with Gasteiger partial charge >= 0.3 is 0 Å². The summed E-state index contributed by atoms with van der Waals surface area (Å²) >= 11 is 0. The van der Waals surface area contributed by atoms with Gasteiger partial charge in [-0.15, -0.1) is 0 Å². The average molecular weight is 356 g/mol. The number of carbonyl (C=O) groups excluding carboxylic acids is 1. The van der Waals surface area contributed by atoms with Crippen molar-refractivity contribution in [2.45, 2.75) is 6.92 Å². The van der Waals surface area contributed by atoms with E-state index in [1.807, 2.05) is 55.5 Å². The van der Waals surface area contributed by atoms with E-state index in [9.17, 15) is 9.18 Å². The molecule has 132 valence electrons. The van der Waals surface area contributed by atoms with Crippen LogP contribution in [-0.2, 0) is 0 Å². The van der Waals surface area contributed by atoms with Gasteiger partial charge in [-0.1, -0.05) is 48.5 Å². The molecule has 0 saturated carbocycles. The van der Waals surface area contributed by atoms with Gasteiger partial charge in [-0.3, -0.25) is 4.79 Å². The summed E-state index contributed by atoms with van der Waals surface area (Å²) in [5, 5.41) is 3.53. The third kappa shape index (κ3) is 3.42. The molecule has 4 aromatic rings. The molecule has 0 aliphatic rings. The number of pyridine rings is 1. The SMILES string of the molecule is Cc1ccccc1-c1cc(C(=O)Nc2cccc(F)c2)c2ccccc2n1. The van der Waals surface area contributed by atoms with E-state index in [0.717, 1.165) is 27.7 Å². The van der Waals surface area contributed by atoms with Crippen molar-refractivity contribution in [2.75, 3.05) is 5.32 Å². The summed E-state index contributed by atoms with van der Waals surface area (Å²) in [4.78, 5) is 17.7. The zero-order chi connectivity index (χ0) is 18.8. The monoisotopic (exact) mass is 356 g/mol. The van der Waals surface area contributed by atoms with Gasteiger partial charge in [0.2, 0.25) is 0 Å². The number of nitrogens with one attached hydrogen (secondary N) is 1. The van der Waals surface area contributed by atoms with Crippen molar-refractivity contribution < 1.29 is 9.18 Å². The number of carbonyl (C=O) groups is 1. The van der Waals surface area contributed by atoms with Crippen LogP contribution in [0.15, 0.2) is 78.9 Å². The Bertz CT molecular complexity index is 1150. The van der Waals surface area contributed by atoms with Crippen molar-refractivity contribution in [2.24, 2.45) is 0 Å². The van der Waals surface area contributed by atoms with E-state index < -0.39 is 5.82 Å². The number of hydrogen-bond acceptors (Lipinski definition) is 2. The first kappa shape index (κ1) is 16.9. The summed E-state index contributed by atoms with van der Waals surface area (Å²) in [6.07, 6.45) is 0. The minimum atomic E-state index is -0.395. The standard InChI is InChI=1S/C23H17FN2O/c1-15-7-2-3-10-18(15)22-14-20(19-11-4-5-12-21(19)26-22)23(27)25-17-9-6-8-16(24)13-17/h2-14H,1H3,(H,25,27). The number of anilines is 1. The summed E-state index contributed by atoms with van der Waals surface area (Å²) in [6.45, 7) is 2.01. The number of fused-ring (bicyclic) bond motifs is 1. The molecule has 0 unspecified atom stereocenters. The zero-order valence-corrected chi connectivity index (χ0v) is 14.7. The van der Waals surface area contributed by atoms with E-state index in [2.05, 4.69) is 5.32 Å². The maximum absolute atomic E-state index is 13.4. The third-order valence-electron chi connectivity index (χ3n) is 4.46. The molecule has 0 fully saturated rings. The predicted molar refractivity (Wildman–Crippen MR) is 106 cm³/mol. The number of amides is 1. The number of aryl methyl sites for hydroxylation is 1. The molecular formula is C23H17FN2O. The number of hydrogen-bond donors (Lipinski definition) is 1. The van der Waals surface area contributed by atoms with Crippen LogP contribution < -0.4 is 5.32 Å². The molecule has 1 aromatic heterocycles. The topological polar surface area (TPSA) is 42.0 Å². The predicted octanol–water partition coefficient (Wildman–Crippen LogP) is 5.60. The van der Waals surface area contributed by atoms with Crippen molar-refractivity contribution >= 4 is 22.5 Å². The van der Waals surface area contributed by atoms with Gasteiger partial charge in [0.25, 0.3) is 5.91 Å². The largest absolute Gasteiger partial charge is 0.322 e. The Morgan fingerprint density at radius 1 is 0.926 bits per heavy atom. The van der Waals surface area contributed by atoms with Gasteiger partial charge in [0.1, 0.15) is 5.82 Å². The summed E-state index contributed by atoms with van der Waals surface area (Å²) in [5.74, 6) is -0.693. The first-order chi connectivity index (χ1) is 13.1. The Hall–Kier alpha value is -3.53. The van der Waals surface area contributed by atoms with Crippen LogP contribution in [0.5, 0.6) is 0 Å². The Labute approximate surface area is 156 Å². The third-order valence-corrected chi connectivity index (χ3v) is 4.46. The summed E-state index contributed by atoms with van der Waals surface area (Å²) in [5.41, 5.74) is 4.44. The van der Waals surface area contributed by atoms with Crippen LogP contribution in [0, 0.1) is 12.7 Å². The number of nitrogens with zero attached hydrogens (tertiary/aromatic N) is 1. The second-order valence-electron chi connectivity index (χ2n) is 6.35. The lowest BCUT2D eigenvalue weighted by Crippen LogP contribution is -2.13. The maximum Gasteiger partial charge on any atom is 0.256 e. The molecule has 1 heterocycles. The highest BCUT2D eigenvalue weighted by molar-refractivity contribution is 6.13. The molecule has 0 aliphatic heterocycles. The van der Waals surface area contributed by atoms with Crippen LogP contribution in [-0.4, -0.2) is 10.9 Å². The highest BCUT2D eigenvalue weighted by atomic mass is 19.1. The lowest BCUT2D eigenvalue weighted by atomic mass is 10.0. The van der Waals surface area contributed by atoms with Gasteiger partial charge in [0.05, 0.1) is 16.8 Å². The van der Waals surface area contributed by atoms with Crippen LogP contribution >= 0.6 is 0 Å². The van der Waals surface area contributed by atoms with E-state index in [1.54, 1.807) is 18.2 Å². The number of benzene rings is 3. The van der Waals surface area contributed by atoms with E-state index >= 15 is 0 Å². The fraction of sp³-hybridized carbons (Fsp3) is 0.0435. The van der Waals surface area contributed by atoms with Gasteiger partial charge < -0.3 is 5.32 Å². The molecule has 0 bridgehead atoms. The van der Waals surface area contributed by atoms with Gasteiger partial charge in [0.15, 0.2) is 0 Å². The first-order valence-electron chi connectivity index (χ1n) is 8.64. The Morgan fingerprint density at radius 3 is 2.52 bits per heavy atom. The molecule has 0 radical (unpaired) electrons. The fourth-order valence-corrected chi connectivity index (χ4v) is 3.13. The normalized spacial score (nSPS) is 10.7. The quantitative estimate of drug-likeness (QED) is 0.519. The lowest BCUT2D eigenvalue weighted by Gasteiger charge is -2.12. The summed E-state index contributed by atoms with van der Waals surface area (Å²) in [6, 6.07) is 23.1. The van der Waals surface area contributed by atoms with E-state index in [1.165, 1.54) is 12.1 Å². The number of rotatable bonds is 3. The summed E-state index contributed by atoms with van der Waals surface area (Å²) in [7, 11) is 0. The van der Waals surface area contributed by atoms with Crippen LogP contribution in [0.2, 0.25) is 0 Å². The molecule has 1 amide bonds. The Kier molecular flexibility index (Phi) is 4.38.